The number of para-hydroxylation sites is 2. The average Bonchev–Trinajstić information content (AvgIpc) is 2.95. The van der Waals surface area contributed by atoms with E-state index in [9.17, 15) is 14.0 Å². The molecule has 3 N–H and O–H groups in total. The average molecular weight is 341 g/mol. The molecular weight excluding hydrogens is 321 g/mol. The van der Waals surface area contributed by atoms with Crippen molar-refractivity contribution >= 4 is 23.2 Å². The van der Waals surface area contributed by atoms with Gasteiger partial charge < -0.3 is 16.0 Å². The summed E-state index contributed by atoms with van der Waals surface area (Å²) in [4.78, 5) is 26.0. The molecule has 2 aromatic carbocycles. The van der Waals surface area contributed by atoms with E-state index < -0.39 is 11.9 Å². The third-order valence-electron chi connectivity index (χ3n) is 4.36. The molecule has 0 bridgehead atoms. The largest absolute Gasteiger partial charge is 0.399 e. The van der Waals surface area contributed by atoms with Crippen molar-refractivity contribution in [3.8, 4) is 0 Å². The van der Waals surface area contributed by atoms with Gasteiger partial charge in [0.15, 0.2) is 0 Å². The minimum atomic E-state index is -0.611. The number of rotatable bonds is 5. The summed E-state index contributed by atoms with van der Waals surface area (Å²) in [5.41, 5.74) is 7.67. The lowest BCUT2D eigenvalue weighted by atomic mass is 10.1. The summed E-state index contributed by atoms with van der Waals surface area (Å²) in [5, 5.41) is 2.74. The van der Waals surface area contributed by atoms with Crippen molar-refractivity contribution < 1.29 is 14.0 Å². The lowest BCUT2D eigenvalue weighted by Crippen LogP contribution is -2.41. The maximum absolute atomic E-state index is 13.9. The van der Waals surface area contributed by atoms with Gasteiger partial charge in [-0.3, -0.25) is 9.59 Å². The molecule has 1 aliphatic rings. The molecule has 1 unspecified atom stereocenters. The molecule has 2 amide bonds. The molecule has 0 aliphatic carbocycles. The Kier molecular flexibility index (Phi) is 4.97. The second-order valence-corrected chi connectivity index (χ2v) is 6.05. The Bertz CT molecular complexity index is 794. The van der Waals surface area contributed by atoms with E-state index in [2.05, 4.69) is 5.32 Å². The first-order chi connectivity index (χ1) is 12.1. The Labute approximate surface area is 145 Å². The monoisotopic (exact) mass is 341 g/mol. The maximum Gasteiger partial charge on any atom is 0.249 e. The summed E-state index contributed by atoms with van der Waals surface area (Å²) in [5.74, 6) is -0.933. The number of amides is 2. The number of carbonyl (C=O) groups is 2. The van der Waals surface area contributed by atoms with Gasteiger partial charge in [-0.25, -0.2) is 4.39 Å². The highest BCUT2D eigenvalue weighted by atomic mass is 19.1. The Morgan fingerprint density at radius 2 is 1.92 bits per heavy atom. The molecule has 1 atom stereocenters. The Morgan fingerprint density at radius 1 is 1.20 bits per heavy atom. The smallest absolute Gasteiger partial charge is 0.249 e. The molecule has 2 aromatic rings. The van der Waals surface area contributed by atoms with Gasteiger partial charge in [0.2, 0.25) is 11.8 Å². The number of carbonyl (C=O) groups excluding carboxylic acids is 2. The molecule has 0 spiro atoms. The van der Waals surface area contributed by atoms with E-state index >= 15 is 0 Å². The van der Waals surface area contributed by atoms with Crippen LogP contribution in [0.25, 0.3) is 0 Å². The van der Waals surface area contributed by atoms with Gasteiger partial charge in [-0.15, -0.1) is 0 Å². The van der Waals surface area contributed by atoms with Crippen LogP contribution in [0.3, 0.4) is 0 Å². The SMILES string of the molecule is Nc1ccccc1CCC(=O)NC1CCN(c2ccccc2F)C1=O. The summed E-state index contributed by atoms with van der Waals surface area (Å²) in [6, 6.07) is 12.9. The van der Waals surface area contributed by atoms with Gasteiger partial charge in [0.25, 0.3) is 0 Å². The van der Waals surface area contributed by atoms with Gasteiger partial charge in [-0.1, -0.05) is 30.3 Å². The summed E-state index contributed by atoms with van der Waals surface area (Å²) in [6.07, 6.45) is 1.22. The predicted molar refractivity (Wildman–Crippen MR) is 94.5 cm³/mol. The standard InChI is InChI=1S/C19H20FN3O2/c20-14-6-2-4-8-17(14)23-12-11-16(19(23)25)22-18(24)10-9-13-5-1-3-7-15(13)21/h1-8,16H,9-12,21H2,(H,22,24). The van der Waals surface area contributed by atoms with Crippen LogP contribution in [0.1, 0.15) is 18.4 Å². The number of nitrogens with one attached hydrogen (secondary N) is 1. The van der Waals surface area contributed by atoms with Crippen molar-refractivity contribution in [2.24, 2.45) is 0 Å². The molecule has 0 aromatic heterocycles. The van der Waals surface area contributed by atoms with Crippen LogP contribution in [0, 0.1) is 5.82 Å². The van der Waals surface area contributed by atoms with E-state index in [1.165, 1.54) is 11.0 Å². The maximum atomic E-state index is 13.9. The molecule has 3 rings (SSSR count). The summed E-state index contributed by atoms with van der Waals surface area (Å²) in [7, 11) is 0. The fourth-order valence-electron chi connectivity index (χ4n) is 3.00. The van der Waals surface area contributed by atoms with Crippen LogP contribution in [-0.4, -0.2) is 24.4 Å². The first-order valence-electron chi connectivity index (χ1n) is 8.25. The van der Waals surface area contributed by atoms with Gasteiger partial charge >= 0.3 is 0 Å². The highest BCUT2D eigenvalue weighted by molar-refractivity contribution is 6.01. The van der Waals surface area contributed by atoms with Crippen LogP contribution < -0.4 is 16.0 Å². The van der Waals surface area contributed by atoms with Crippen molar-refractivity contribution in [2.75, 3.05) is 17.2 Å². The summed E-state index contributed by atoms with van der Waals surface area (Å²) < 4.78 is 13.9. The third-order valence-corrected chi connectivity index (χ3v) is 4.36. The van der Waals surface area contributed by atoms with Crippen LogP contribution in [0.4, 0.5) is 15.8 Å². The van der Waals surface area contributed by atoms with Gasteiger partial charge in [0, 0.05) is 18.7 Å². The molecular formula is C19H20FN3O2. The topological polar surface area (TPSA) is 75.4 Å². The van der Waals surface area contributed by atoms with E-state index in [0.29, 0.717) is 25.1 Å². The predicted octanol–water partition coefficient (Wildman–Crippen LogP) is 2.26. The number of aryl methyl sites for hydroxylation is 1. The van der Waals surface area contributed by atoms with Crippen molar-refractivity contribution in [2.45, 2.75) is 25.3 Å². The number of nitrogens with zero attached hydrogens (tertiary/aromatic N) is 1. The molecule has 130 valence electrons. The van der Waals surface area contributed by atoms with Crippen molar-refractivity contribution in [3.05, 3.63) is 59.9 Å². The first-order valence-corrected chi connectivity index (χ1v) is 8.25. The summed E-state index contributed by atoms with van der Waals surface area (Å²) >= 11 is 0. The van der Waals surface area contributed by atoms with Gasteiger partial charge in [-0.05, 0) is 36.6 Å². The second kappa shape index (κ2) is 7.34. The highest BCUT2D eigenvalue weighted by Crippen LogP contribution is 2.24. The van der Waals surface area contributed by atoms with E-state index in [-0.39, 0.29) is 23.9 Å². The molecule has 1 aliphatic heterocycles. The normalized spacial score (nSPS) is 16.9. The second-order valence-electron chi connectivity index (χ2n) is 6.05. The molecule has 0 radical (unpaired) electrons. The van der Waals surface area contributed by atoms with Crippen molar-refractivity contribution in [1.29, 1.82) is 0 Å². The van der Waals surface area contributed by atoms with Gasteiger partial charge in [0.1, 0.15) is 11.9 Å². The van der Waals surface area contributed by atoms with Crippen LogP contribution in [0.5, 0.6) is 0 Å². The van der Waals surface area contributed by atoms with E-state index in [0.717, 1.165) is 5.56 Å². The number of hydrogen-bond acceptors (Lipinski definition) is 3. The number of anilines is 2. The lowest BCUT2D eigenvalue weighted by Gasteiger charge is -2.18. The quantitative estimate of drug-likeness (QED) is 0.819. The van der Waals surface area contributed by atoms with Crippen LogP contribution >= 0.6 is 0 Å². The number of benzene rings is 2. The molecule has 0 saturated carbocycles. The van der Waals surface area contributed by atoms with Crippen molar-refractivity contribution in [1.82, 2.24) is 5.32 Å². The van der Waals surface area contributed by atoms with Crippen LogP contribution in [-0.2, 0) is 16.0 Å². The van der Waals surface area contributed by atoms with Gasteiger partial charge in [-0.2, -0.15) is 0 Å². The van der Waals surface area contributed by atoms with E-state index in [1.54, 1.807) is 24.3 Å². The zero-order valence-electron chi connectivity index (χ0n) is 13.7. The molecule has 1 saturated heterocycles. The van der Waals surface area contributed by atoms with E-state index in [4.69, 9.17) is 5.73 Å². The molecule has 1 fully saturated rings. The van der Waals surface area contributed by atoms with Crippen LogP contribution in [0.2, 0.25) is 0 Å². The van der Waals surface area contributed by atoms with Crippen molar-refractivity contribution in [3.63, 3.8) is 0 Å². The molecule has 25 heavy (non-hydrogen) atoms. The lowest BCUT2D eigenvalue weighted by molar-refractivity contribution is -0.126. The number of hydrogen-bond donors (Lipinski definition) is 2. The van der Waals surface area contributed by atoms with E-state index in [1.807, 2.05) is 18.2 Å². The number of nitrogen functional groups attached to an aromatic ring is 1. The third kappa shape index (κ3) is 3.79. The number of halogens is 1. The zero-order chi connectivity index (χ0) is 17.8. The Balaban J connectivity index is 1.57. The fraction of sp³-hybridized carbons (Fsp3) is 0.263. The first kappa shape index (κ1) is 17.0. The minimum Gasteiger partial charge on any atom is -0.399 e. The fourth-order valence-corrected chi connectivity index (χ4v) is 3.00. The zero-order valence-corrected chi connectivity index (χ0v) is 13.7. The summed E-state index contributed by atoms with van der Waals surface area (Å²) in [6.45, 7) is 0.385. The Morgan fingerprint density at radius 3 is 2.68 bits per heavy atom. The highest BCUT2D eigenvalue weighted by Gasteiger charge is 2.34. The molecule has 1 heterocycles. The Hall–Kier alpha value is -2.89. The van der Waals surface area contributed by atoms with Gasteiger partial charge in [0.05, 0.1) is 5.69 Å². The minimum absolute atomic E-state index is 0.211. The number of nitrogens with two attached hydrogens (primary N) is 1. The molecule has 5 nitrogen and oxygen atoms in total. The van der Waals surface area contributed by atoms with Crippen LogP contribution in [0.15, 0.2) is 48.5 Å². The molecule has 6 heteroatoms.